The van der Waals surface area contributed by atoms with Crippen molar-refractivity contribution in [2.75, 3.05) is 18.7 Å². The number of carboxylic acids is 1. The second-order valence-electron chi connectivity index (χ2n) is 5.18. The number of benzene rings is 2. The molecular weight excluding hydrogens is 328 g/mol. The van der Waals surface area contributed by atoms with E-state index in [1.54, 1.807) is 30.3 Å². The summed E-state index contributed by atoms with van der Waals surface area (Å²) < 4.78 is 10.4. The van der Waals surface area contributed by atoms with Gasteiger partial charge in [-0.3, -0.25) is 14.4 Å². The molecular formula is C17H14N2O6. The Bertz CT molecular complexity index is 832. The van der Waals surface area contributed by atoms with Crippen molar-refractivity contribution in [1.82, 2.24) is 5.32 Å². The fourth-order valence-corrected chi connectivity index (χ4v) is 2.20. The number of rotatable bonds is 5. The van der Waals surface area contributed by atoms with Gasteiger partial charge in [-0.05, 0) is 42.5 Å². The summed E-state index contributed by atoms with van der Waals surface area (Å²) in [6, 6.07) is 11.0. The molecule has 8 heteroatoms. The first-order chi connectivity index (χ1) is 12.0. The fourth-order valence-electron chi connectivity index (χ4n) is 2.20. The zero-order valence-corrected chi connectivity index (χ0v) is 12.9. The molecule has 1 heterocycles. The predicted octanol–water partition coefficient (Wildman–Crippen LogP) is 1.48. The van der Waals surface area contributed by atoms with E-state index in [1.165, 1.54) is 12.1 Å². The van der Waals surface area contributed by atoms with Crippen molar-refractivity contribution in [3.8, 4) is 11.5 Å². The Balaban J connectivity index is 1.64. The number of ether oxygens (including phenoxy) is 2. The number of fused-ring (bicyclic) bond motifs is 1. The number of carbonyl (C=O) groups excluding carboxylic acids is 2. The molecule has 128 valence electrons. The maximum Gasteiger partial charge on any atom is 0.322 e. The average molecular weight is 342 g/mol. The van der Waals surface area contributed by atoms with Crippen LogP contribution in [0.1, 0.15) is 20.7 Å². The Hall–Kier alpha value is -3.55. The molecule has 2 aromatic carbocycles. The lowest BCUT2D eigenvalue weighted by molar-refractivity contribution is -0.135. The van der Waals surface area contributed by atoms with Crippen LogP contribution in [0.15, 0.2) is 42.5 Å². The van der Waals surface area contributed by atoms with Gasteiger partial charge in [-0.1, -0.05) is 0 Å². The summed E-state index contributed by atoms with van der Waals surface area (Å²) in [5.41, 5.74) is 1.20. The maximum absolute atomic E-state index is 12.3. The molecule has 0 unspecified atom stereocenters. The van der Waals surface area contributed by atoms with Crippen molar-refractivity contribution in [2.24, 2.45) is 0 Å². The van der Waals surface area contributed by atoms with Crippen LogP contribution < -0.4 is 20.1 Å². The van der Waals surface area contributed by atoms with Crippen molar-refractivity contribution in [2.45, 2.75) is 0 Å². The van der Waals surface area contributed by atoms with Gasteiger partial charge >= 0.3 is 5.97 Å². The summed E-state index contributed by atoms with van der Waals surface area (Å²) in [5, 5.41) is 13.5. The van der Waals surface area contributed by atoms with Crippen LogP contribution in [0.25, 0.3) is 0 Å². The number of anilines is 1. The van der Waals surface area contributed by atoms with Crippen molar-refractivity contribution in [3.05, 3.63) is 53.6 Å². The first kappa shape index (κ1) is 16.3. The molecule has 2 aromatic rings. The van der Waals surface area contributed by atoms with Crippen LogP contribution in [-0.4, -0.2) is 36.2 Å². The third-order valence-corrected chi connectivity index (χ3v) is 3.44. The van der Waals surface area contributed by atoms with E-state index in [1.807, 2.05) is 0 Å². The Morgan fingerprint density at radius 2 is 1.60 bits per heavy atom. The Morgan fingerprint density at radius 1 is 0.920 bits per heavy atom. The van der Waals surface area contributed by atoms with Crippen molar-refractivity contribution in [3.63, 3.8) is 0 Å². The molecule has 25 heavy (non-hydrogen) atoms. The monoisotopic (exact) mass is 342 g/mol. The fraction of sp³-hybridized carbons (Fsp3) is 0.118. The summed E-state index contributed by atoms with van der Waals surface area (Å²) in [6.07, 6.45) is 0. The van der Waals surface area contributed by atoms with E-state index in [-0.39, 0.29) is 12.7 Å². The van der Waals surface area contributed by atoms with Gasteiger partial charge in [-0.15, -0.1) is 0 Å². The van der Waals surface area contributed by atoms with Gasteiger partial charge in [0.05, 0.1) is 0 Å². The lowest BCUT2D eigenvalue weighted by Gasteiger charge is -2.07. The van der Waals surface area contributed by atoms with E-state index in [0.717, 1.165) is 0 Å². The van der Waals surface area contributed by atoms with Gasteiger partial charge in [-0.2, -0.15) is 0 Å². The lowest BCUT2D eigenvalue weighted by atomic mass is 10.1. The highest BCUT2D eigenvalue weighted by Crippen LogP contribution is 2.32. The van der Waals surface area contributed by atoms with Gasteiger partial charge in [0.25, 0.3) is 11.8 Å². The Labute approximate surface area is 142 Å². The second kappa shape index (κ2) is 6.91. The molecule has 1 aliphatic rings. The lowest BCUT2D eigenvalue weighted by Crippen LogP contribution is -2.29. The number of hydrogen-bond acceptors (Lipinski definition) is 5. The van der Waals surface area contributed by atoms with Crippen LogP contribution >= 0.6 is 0 Å². The van der Waals surface area contributed by atoms with Crippen molar-refractivity contribution in [1.29, 1.82) is 0 Å². The molecule has 0 atom stereocenters. The molecule has 0 aromatic heterocycles. The van der Waals surface area contributed by atoms with Crippen molar-refractivity contribution >= 4 is 23.5 Å². The topological polar surface area (TPSA) is 114 Å². The maximum atomic E-state index is 12.3. The number of carbonyl (C=O) groups is 3. The van der Waals surface area contributed by atoms with E-state index in [2.05, 4.69) is 10.6 Å². The van der Waals surface area contributed by atoms with Crippen LogP contribution in [0.2, 0.25) is 0 Å². The smallest absolute Gasteiger partial charge is 0.322 e. The van der Waals surface area contributed by atoms with Crippen LogP contribution in [0.5, 0.6) is 11.5 Å². The standard InChI is InChI=1S/C17H14N2O6/c20-15(21)8-18-16(22)10-1-4-12(5-2-10)19-17(23)11-3-6-13-14(7-11)25-9-24-13/h1-7H,8-9H2,(H,18,22)(H,19,23)(H,20,21). The molecule has 3 rings (SSSR count). The molecule has 0 saturated carbocycles. The van der Waals surface area contributed by atoms with E-state index in [9.17, 15) is 14.4 Å². The van der Waals surface area contributed by atoms with E-state index < -0.39 is 18.4 Å². The number of amides is 2. The highest BCUT2D eigenvalue weighted by Gasteiger charge is 2.16. The molecule has 1 aliphatic heterocycles. The summed E-state index contributed by atoms with van der Waals surface area (Å²) in [5.74, 6) is -0.857. The molecule has 8 nitrogen and oxygen atoms in total. The van der Waals surface area contributed by atoms with Crippen molar-refractivity contribution < 1.29 is 29.0 Å². The molecule has 0 bridgehead atoms. The van der Waals surface area contributed by atoms with Gasteiger partial charge in [-0.25, -0.2) is 0 Å². The average Bonchev–Trinajstić information content (AvgIpc) is 3.08. The van der Waals surface area contributed by atoms with Gasteiger partial charge in [0.2, 0.25) is 6.79 Å². The van der Waals surface area contributed by atoms with Crippen LogP contribution in [0, 0.1) is 0 Å². The summed E-state index contributed by atoms with van der Waals surface area (Å²) in [4.78, 5) is 34.4. The number of aliphatic carboxylic acids is 1. The predicted molar refractivity (Wildman–Crippen MR) is 86.9 cm³/mol. The minimum atomic E-state index is -1.12. The summed E-state index contributed by atoms with van der Waals surface area (Å²) >= 11 is 0. The van der Waals surface area contributed by atoms with Gasteiger partial charge in [0.1, 0.15) is 6.54 Å². The van der Waals surface area contributed by atoms with E-state index in [4.69, 9.17) is 14.6 Å². The first-order valence-electron chi connectivity index (χ1n) is 7.34. The molecule has 0 saturated heterocycles. The molecule has 2 amide bonds. The van der Waals surface area contributed by atoms with Gasteiger partial charge < -0.3 is 25.2 Å². The van der Waals surface area contributed by atoms with Gasteiger partial charge in [0.15, 0.2) is 11.5 Å². The second-order valence-corrected chi connectivity index (χ2v) is 5.18. The molecule has 0 radical (unpaired) electrons. The Kier molecular flexibility index (Phi) is 4.51. The van der Waals surface area contributed by atoms with Crippen LogP contribution in [-0.2, 0) is 4.79 Å². The number of nitrogens with one attached hydrogen (secondary N) is 2. The van der Waals surface area contributed by atoms with Crippen LogP contribution in [0.4, 0.5) is 5.69 Å². The minimum absolute atomic E-state index is 0.131. The largest absolute Gasteiger partial charge is 0.480 e. The minimum Gasteiger partial charge on any atom is -0.480 e. The quantitative estimate of drug-likeness (QED) is 0.758. The van der Waals surface area contributed by atoms with E-state index >= 15 is 0 Å². The van der Waals surface area contributed by atoms with Gasteiger partial charge in [0, 0.05) is 16.8 Å². The number of carboxylic acid groups (broad SMARTS) is 1. The molecule has 0 spiro atoms. The zero-order valence-electron chi connectivity index (χ0n) is 12.9. The highest BCUT2D eigenvalue weighted by atomic mass is 16.7. The Morgan fingerprint density at radius 3 is 2.32 bits per heavy atom. The molecule has 3 N–H and O–H groups in total. The number of hydrogen-bond donors (Lipinski definition) is 3. The summed E-state index contributed by atoms with van der Waals surface area (Å²) in [7, 11) is 0. The SMILES string of the molecule is O=C(O)CNC(=O)c1ccc(NC(=O)c2ccc3c(c2)OCO3)cc1. The third kappa shape index (κ3) is 3.86. The molecule has 0 aliphatic carbocycles. The zero-order chi connectivity index (χ0) is 17.8. The van der Waals surface area contributed by atoms with Crippen LogP contribution in [0.3, 0.4) is 0 Å². The normalized spacial score (nSPS) is 11.7. The summed E-state index contributed by atoms with van der Waals surface area (Å²) in [6.45, 7) is -0.326. The van der Waals surface area contributed by atoms with E-state index in [0.29, 0.717) is 28.3 Å². The first-order valence-corrected chi connectivity index (χ1v) is 7.34. The highest BCUT2D eigenvalue weighted by molar-refractivity contribution is 6.05. The third-order valence-electron chi connectivity index (χ3n) is 3.44. The molecule has 0 fully saturated rings.